The number of anilines is 1. The fourth-order valence-corrected chi connectivity index (χ4v) is 5.69. The monoisotopic (exact) mass is 626 g/mol. The number of aromatic nitrogens is 2. The molecular formula is C33H43ClN4O6. The Bertz CT molecular complexity index is 1470. The lowest BCUT2D eigenvalue weighted by Gasteiger charge is -2.35. The number of carbonyl (C=O) groups is 3. The Hall–Kier alpha value is -3.79. The average Bonchev–Trinajstić information content (AvgIpc) is 3.39. The summed E-state index contributed by atoms with van der Waals surface area (Å²) in [5.74, 6) is 0.194. The molecular weight excluding hydrogens is 584 g/mol. The van der Waals surface area contributed by atoms with Crippen LogP contribution in [0.5, 0.6) is 5.88 Å². The first-order valence-electron chi connectivity index (χ1n) is 15.3. The summed E-state index contributed by atoms with van der Waals surface area (Å²) in [6.45, 7) is 8.08. The molecule has 0 unspecified atom stereocenters. The number of carboxylic acids is 1. The van der Waals surface area contributed by atoms with Gasteiger partial charge in [0.15, 0.2) is 0 Å². The zero-order valence-electron chi connectivity index (χ0n) is 26.1. The molecule has 0 spiro atoms. The number of H-pyrrole nitrogens is 1. The second kappa shape index (κ2) is 14.8. The molecule has 1 saturated heterocycles. The molecule has 3 heterocycles. The van der Waals surface area contributed by atoms with Crippen LogP contribution in [-0.4, -0.2) is 76.7 Å². The van der Waals surface area contributed by atoms with Crippen molar-refractivity contribution in [1.29, 1.82) is 0 Å². The number of unbranched alkanes of at least 4 members (excludes halogenated alkanes) is 5. The van der Waals surface area contributed by atoms with Gasteiger partial charge in [-0.1, -0.05) is 37.3 Å². The summed E-state index contributed by atoms with van der Waals surface area (Å²) in [7, 11) is 1.57. The van der Waals surface area contributed by atoms with Gasteiger partial charge in [0.2, 0.25) is 11.8 Å². The summed E-state index contributed by atoms with van der Waals surface area (Å²) in [6.07, 6.45) is 7.92. The smallest absolute Gasteiger partial charge is 0.340 e. The van der Waals surface area contributed by atoms with Crippen molar-refractivity contribution in [2.24, 2.45) is 0 Å². The number of carboxylic acid groups (broad SMARTS) is 1. The van der Waals surface area contributed by atoms with E-state index in [1.165, 1.54) is 0 Å². The van der Waals surface area contributed by atoms with Gasteiger partial charge in [-0.15, -0.1) is 0 Å². The van der Waals surface area contributed by atoms with E-state index in [1.54, 1.807) is 19.4 Å². The summed E-state index contributed by atoms with van der Waals surface area (Å²) in [4.78, 5) is 48.1. The quantitative estimate of drug-likeness (QED) is 0.159. The van der Waals surface area contributed by atoms with Gasteiger partial charge in [0, 0.05) is 67.2 Å². The SMILES string of the molecule is COc1nc(N2CCN(C(=O)CCCCCCCCC(=O)O)CC2)ccc1-c1cc2c(C(=O)OC(C)(C)C)c[nH]c2cc1Cl. The lowest BCUT2D eigenvalue weighted by molar-refractivity contribution is -0.137. The van der Waals surface area contributed by atoms with Gasteiger partial charge >= 0.3 is 11.9 Å². The van der Waals surface area contributed by atoms with E-state index in [2.05, 4.69) is 9.88 Å². The molecule has 3 aromatic rings. The van der Waals surface area contributed by atoms with Crippen LogP contribution in [0.1, 0.15) is 82.5 Å². The lowest BCUT2D eigenvalue weighted by Crippen LogP contribution is -2.49. The Morgan fingerprint density at radius 2 is 1.61 bits per heavy atom. The van der Waals surface area contributed by atoms with E-state index in [9.17, 15) is 14.4 Å². The van der Waals surface area contributed by atoms with Crippen LogP contribution in [-0.2, 0) is 14.3 Å². The molecule has 1 fully saturated rings. The third-order valence-electron chi connectivity index (χ3n) is 7.70. The predicted molar refractivity (Wildman–Crippen MR) is 172 cm³/mol. The number of pyridine rings is 1. The van der Waals surface area contributed by atoms with Crippen molar-refractivity contribution in [2.45, 2.75) is 77.7 Å². The molecule has 238 valence electrons. The fraction of sp³-hybridized carbons (Fsp3) is 0.515. The molecule has 2 aromatic heterocycles. The van der Waals surface area contributed by atoms with Gasteiger partial charge in [-0.2, -0.15) is 4.98 Å². The minimum atomic E-state index is -0.741. The molecule has 11 heteroatoms. The predicted octanol–water partition coefficient (Wildman–Crippen LogP) is 6.70. The van der Waals surface area contributed by atoms with Gasteiger partial charge in [-0.05, 0) is 57.9 Å². The lowest BCUT2D eigenvalue weighted by atomic mass is 10.0. The number of carbonyl (C=O) groups excluding carboxylic acids is 2. The number of ether oxygens (including phenoxy) is 2. The zero-order chi connectivity index (χ0) is 31.9. The van der Waals surface area contributed by atoms with Crippen LogP contribution in [0.4, 0.5) is 5.82 Å². The van der Waals surface area contributed by atoms with Crippen molar-refractivity contribution in [2.75, 3.05) is 38.2 Å². The van der Waals surface area contributed by atoms with E-state index in [4.69, 9.17) is 31.2 Å². The first-order chi connectivity index (χ1) is 21.0. The fourth-order valence-electron chi connectivity index (χ4n) is 5.42. The van der Waals surface area contributed by atoms with Crippen LogP contribution < -0.4 is 9.64 Å². The summed E-state index contributed by atoms with van der Waals surface area (Å²) in [5.41, 5.74) is 1.93. The van der Waals surface area contributed by atoms with Crippen molar-refractivity contribution >= 4 is 46.2 Å². The standard InChI is InChI=1S/C33H43ClN4O6/c1-33(2,3)44-32(42)25-21-35-27-20-26(34)23(19-24(25)27)22-13-14-28(36-31(22)43-4)37-15-17-38(18-16-37)29(39)11-9-7-5-6-8-10-12-30(40)41/h13-14,19-21,35H,5-12,15-18H2,1-4H3,(H,40,41). The molecule has 1 aromatic carbocycles. The number of amides is 1. The molecule has 1 aliphatic heterocycles. The maximum atomic E-state index is 12.8. The number of aromatic amines is 1. The van der Waals surface area contributed by atoms with E-state index >= 15 is 0 Å². The minimum absolute atomic E-state index is 0.178. The van der Waals surface area contributed by atoms with Crippen LogP contribution in [0.2, 0.25) is 5.02 Å². The Balaban J connectivity index is 1.36. The molecule has 0 radical (unpaired) electrons. The Kier molecular flexibility index (Phi) is 11.1. The van der Waals surface area contributed by atoms with Crippen LogP contribution >= 0.6 is 11.6 Å². The number of hydrogen-bond acceptors (Lipinski definition) is 7. The number of aliphatic carboxylic acids is 1. The van der Waals surface area contributed by atoms with Crippen LogP contribution in [0.15, 0.2) is 30.5 Å². The van der Waals surface area contributed by atoms with Crippen molar-refractivity contribution in [1.82, 2.24) is 14.9 Å². The first kappa shape index (κ1) is 33.1. The number of fused-ring (bicyclic) bond motifs is 1. The number of piperazine rings is 1. The van der Waals surface area contributed by atoms with Gasteiger partial charge in [-0.3, -0.25) is 9.59 Å². The maximum Gasteiger partial charge on any atom is 0.340 e. The summed E-state index contributed by atoms with van der Waals surface area (Å²) in [6, 6.07) is 7.49. The van der Waals surface area contributed by atoms with Crippen LogP contribution in [0.25, 0.3) is 22.0 Å². The van der Waals surface area contributed by atoms with E-state index < -0.39 is 17.5 Å². The van der Waals surface area contributed by atoms with Gasteiger partial charge in [0.1, 0.15) is 11.4 Å². The molecule has 0 aliphatic carbocycles. The number of nitrogens with zero attached hydrogens (tertiary/aromatic N) is 3. The van der Waals surface area contributed by atoms with Crippen molar-refractivity contribution in [3.05, 3.63) is 41.0 Å². The number of halogens is 1. The van der Waals surface area contributed by atoms with Crippen LogP contribution in [0, 0.1) is 0 Å². The second-order valence-corrected chi connectivity index (χ2v) is 12.6. The Morgan fingerprint density at radius 1 is 0.955 bits per heavy atom. The van der Waals surface area contributed by atoms with Crippen LogP contribution in [0.3, 0.4) is 0 Å². The van der Waals surface area contributed by atoms with Crippen molar-refractivity contribution in [3.63, 3.8) is 0 Å². The number of nitrogens with one attached hydrogen (secondary N) is 1. The van der Waals surface area contributed by atoms with Gasteiger partial charge < -0.3 is 29.4 Å². The first-order valence-corrected chi connectivity index (χ1v) is 15.7. The average molecular weight is 627 g/mol. The zero-order valence-corrected chi connectivity index (χ0v) is 26.8. The highest BCUT2D eigenvalue weighted by molar-refractivity contribution is 6.34. The second-order valence-electron chi connectivity index (χ2n) is 12.2. The summed E-state index contributed by atoms with van der Waals surface area (Å²) >= 11 is 6.69. The molecule has 4 rings (SSSR count). The highest BCUT2D eigenvalue weighted by atomic mass is 35.5. The Labute approximate surface area is 263 Å². The molecule has 0 atom stereocenters. The third kappa shape index (κ3) is 8.65. The normalized spacial score (nSPS) is 13.8. The number of benzene rings is 1. The number of esters is 1. The minimum Gasteiger partial charge on any atom is -0.481 e. The Morgan fingerprint density at radius 3 is 2.25 bits per heavy atom. The molecule has 1 aliphatic rings. The van der Waals surface area contributed by atoms with Gasteiger partial charge in [0.25, 0.3) is 0 Å². The van der Waals surface area contributed by atoms with Crippen molar-refractivity contribution in [3.8, 4) is 17.0 Å². The number of methoxy groups -OCH3 is 1. The van der Waals surface area contributed by atoms with E-state index in [0.29, 0.717) is 65.6 Å². The highest BCUT2D eigenvalue weighted by Crippen LogP contribution is 2.38. The van der Waals surface area contributed by atoms with E-state index in [1.807, 2.05) is 43.9 Å². The van der Waals surface area contributed by atoms with E-state index in [0.717, 1.165) is 49.9 Å². The number of hydrogen-bond donors (Lipinski definition) is 2. The number of rotatable bonds is 13. The van der Waals surface area contributed by atoms with Crippen molar-refractivity contribution < 1.29 is 29.0 Å². The van der Waals surface area contributed by atoms with E-state index in [-0.39, 0.29) is 12.3 Å². The maximum absolute atomic E-state index is 12.8. The molecule has 44 heavy (non-hydrogen) atoms. The topological polar surface area (TPSA) is 125 Å². The molecule has 10 nitrogen and oxygen atoms in total. The molecule has 0 bridgehead atoms. The van der Waals surface area contributed by atoms with Gasteiger partial charge in [-0.25, -0.2) is 4.79 Å². The summed E-state index contributed by atoms with van der Waals surface area (Å²) < 4.78 is 11.3. The highest BCUT2D eigenvalue weighted by Gasteiger charge is 2.25. The molecule has 0 saturated carbocycles. The summed E-state index contributed by atoms with van der Waals surface area (Å²) in [5, 5.41) is 9.89. The third-order valence-corrected chi connectivity index (χ3v) is 8.02. The largest absolute Gasteiger partial charge is 0.481 e. The molecule has 1 amide bonds. The van der Waals surface area contributed by atoms with Gasteiger partial charge in [0.05, 0.1) is 17.7 Å². The molecule has 2 N–H and O–H groups in total.